The van der Waals surface area contributed by atoms with Crippen LogP contribution in [-0.4, -0.2) is 7.05 Å². The molecule has 1 aromatic rings. The molecule has 0 fully saturated rings. The molecule has 2 rings (SSSR count). The first-order valence-electron chi connectivity index (χ1n) is 5.88. The van der Waals surface area contributed by atoms with Crippen molar-refractivity contribution in [2.45, 2.75) is 19.8 Å². The van der Waals surface area contributed by atoms with Crippen molar-refractivity contribution >= 4 is 5.69 Å². The Hall–Kier alpha value is -1.94. The Labute approximate surface area is 103 Å². The Bertz CT molecular complexity index is 515. The number of allylic oxidation sites excluding steroid dienone is 3. The molecule has 0 unspecified atom stereocenters. The van der Waals surface area contributed by atoms with Gasteiger partial charge >= 0.3 is 0 Å². The maximum absolute atomic E-state index is 5.29. The zero-order chi connectivity index (χ0) is 12.3. The van der Waals surface area contributed by atoms with Gasteiger partial charge in [-0.3, -0.25) is 0 Å². The number of nitrogens with zero attached hydrogens (tertiary/aromatic N) is 1. The van der Waals surface area contributed by atoms with Crippen molar-refractivity contribution in [1.82, 2.24) is 0 Å². The monoisotopic (exact) mass is 223 g/mol. The van der Waals surface area contributed by atoms with Crippen LogP contribution in [-0.2, 0) is 6.42 Å². The van der Waals surface area contributed by atoms with Crippen molar-refractivity contribution in [3.63, 3.8) is 0 Å². The molecule has 0 atom stereocenters. The van der Waals surface area contributed by atoms with Gasteiger partial charge in [0.15, 0.2) is 0 Å². The summed E-state index contributed by atoms with van der Waals surface area (Å²) in [4.78, 5) is 2.23. The van der Waals surface area contributed by atoms with Crippen LogP contribution in [0.3, 0.4) is 0 Å². The quantitative estimate of drug-likeness (QED) is 0.658. The molecule has 0 aromatic heterocycles. The van der Waals surface area contributed by atoms with Crippen LogP contribution >= 0.6 is 0 Å². The van der Waals surface area contributed by atoms with E-state index in [4.69, 9.17) is 6.42 Å². The highest BCUT2D eigenvalue weighted by Crippen LogP contribution is 2.30. The van der Waals surface area contributed by atoms with Crippen LogP contribution in [0, 0.1) is 12.3 Å². The fourth-order valence-electron chi connectivity index (χ4n) is 2.30. The van der Waals surface area contributed by atoms with Crippen molar-refractivity contribution in [3.8, 4) is 12.3 Å². The average molecular weight is 223 g/mol. The zero-order valence-corrected chi connectivity index (χ0v) is 10.4. The van der Waals surface area contributed by atoms with E-state index >= 15 is 0 Å². The minimum atomic E-state index is 1.09. The summed E-state index contributed by atoms with van der Waals surface area (Å²) < 4.78 is 0. The maximum Gasteiger partial charge on any atom is 0.0440 e. The molecule has 1 nitrogen and oxygen atoms in total. The fourth-order valence-corrected chi connectivity index (χ4v) is 2.30. The van der Waals surface area contributed by atoms with Gasteiger partial charge in [0, 0.05) is 18.4 Å². The first-order chi connectivity index (χ1) is 8.24. The van der Waals surface area contributed by atoms with Gasteiger partial charge < -0.3 is 4.90 Å². The Morgan fingerprint density at radius 3 is 2.82 bits per heavy atom. The lowest BCUT2D eigenvalue weighted by atomic mass is 10.1. The van der Waals surface area contributed by atoms with Gasteiger partial charge in [0.2, 0.25) is 0 Å². The number of aryl methyl sites for hydroxylation is 1. The summed E-state index contributed by atoms with van der Waals surface area (Å²) in [6.45, 7) is 2.18. The van der Waals surface area contributed by atoms with E-state index in [1.165, 1.54) is 22.5 Å². The fraction of sp³-hybridized carbons (Fsp3) is 0.250. The number of fused-ring (bicyclic) bond motifs is 1. The second-order valence-corrected chi connectivity index (χ2v) is 4.35. The molecule has 86 valence electrons. The molecular formula is C16H17N. The molecule has 0 saturated heterocycles. The normalized spacial score (nSPS) is 15.7. The van der Waals surface area contributed by atoms with Crippen LogP contribution in [0.2, 0.25) is 0 Å². The molecule has 1 aromatic carbocycles. The largest absolute Gasteiger partial charge is 0.344 e. The summed E-state index contributed by atoms with van der Waals surface area (Å²) in [6, 6.07) is 8.55. The summed E-state index contributed by atoms with van der Waals surface area (Å²) in [7, 11) is 2.10. The smallest absolute Gasteiger partial charge is 0.0440 e. The Kier molecular flexibility index (Phi) is 3.35. The van der Waals surface area contributed by atoms with E-state index in [1.807, 2.05) is 6.08 Å². The van der Waals surface area contributed by atoms with Crippen LogP contribution in [0.25, 0.3) is 0 Å². The van der Waals surface area contributed by atoms with E-state index in [9.17, 15) is 0 Å². The van der Waals surface area contributed by atoms with E-state index in [0.717, 1.165) is 12.8 Å². The summed E-state index contributed by atoms with van der Waals surface area (Å²) in [5, 5.41) is 0. The minimum Gasteiger partial charge on any atom is -0.344 e. The van der Waals surface area contributed by atoms with Gasteiger partial charge in [0.25, 0.3) is 0 Å². The Morgan fingerprint density at radius 2 is 2.06 bits per heavy atom. The number of terminal acetylenes is 1. The minimum absolute atomic E-state index is 1.09. The molecular weight excluding hydrogens is 206 g/mol. The van der Waals surface area contributed by atoms with E-state index in [0.29, 0.717) is 0 Å². The number of hydrogen-bond acceptors (Lipinski definition) is 1. The molecule has 0 amide bonds. The van der Waals surface area contributed by atoms with Crippen molar-refractivity contribution in [2.75, 3.05) is 11.9 Å². The molecule has 1 aliphatic heterocycles. The first kappa shape index (κ1) is 11.5. The lowest BCUT2D eigenvalue weighted by molar-refractivity contribution is 0.946. The van der Waals surface area contributed by atoms with Crippen LogP contribution in [0.4, 0.5) is 5.69 Å². The first-order valence-corrected chi connectivity index (χ1v) is 5.88. The van der Waals surface area contributed by atoms with E-state index in [2.05, 4.69) is 49.1 Å². The van der Waals surface area contributed by atoms with Crippen molar-refractivity contribution < 1.29 is 0 Å². The number of rotatable bonds is 1. The molecule has 0 radical (unpaired) electrons. The predicted octanol–water partition coefficient (Wildman–Crippen LogP) is 3.53. The average Bonchev–Trinajstić information content (AvgIpc) is 2.47. The predicted molar refractivity (Wildman–Crippen MR) is 73.8 cm³/mol. The molecule has 1 aliphatic rings. The Morgan fingerprint density at radius 1 is 1.29 bits per heavy atom. The second-order valence-electron chi connectivity index (χ2n) is 4.35. The van der Waals surface area contributed by atoms with Crippen LogP contribution in [0.5, 0.6) is 0 Å². The van der Waals surface area contributed by atoms with E-state index < -0.39 is 0 Å². The third kappa shape index (κ3) is 2.26. The number of anilines is 1. The SMILES string of the molecule is C#CC=CC1=C(C)CCc2ccccc2N1C. The lowest BCUT2D eigenvalue weighted by Gasteiger charge is -2.22. The van der Waals surface area contributed by atoms with Crippen LogP contribution in [0.1, 0.15) is 18.9 Å². The molecule has 0 bridgehead atoms. The molecule has 0 saturated carbocycles. The van der Waals surface area contributed by atoms with Gasteiger partial charge in [-0.05, 0) is 49.1 Å². The topological polar surface area (TPSA) is 3.24 Å². The number of para-hydroxylation sites is 1. The van der Waals surface area contributed by atoms with E-state index in [-0.39, 0.29) is 0 Å². The number of hydrogen-bond donors (Lipinski definition) is 0. The molecule has 1 heterocycles. The molecule has 0 aliphatic carbocycles. The molecule has 17 heavy (non-hydrogen) atoms. The Balaban J connectivity index is 2.47. The molecule has 1 heteroatoms. The van der Waals surface area contributed by atoms with Crippen molar-refractivity contribution in [2.24, 2.45) is 0 Å². The van der Waals surface area contributed by atoms with Crippen molar-refractivity contribution in [3.05, 3.63) is 53.3 Å². The van der Waals surface area contributed by atoms with Crippen molar-refractivity contribution in [1.29, 1.82) is 0 Å². The molecule has 0 spiro atoms. The second kappa shape index (κ2) is 4.93. The highest BCUT2D eigenvalue weighted by atomic mass is 15.1. The van der Waals surface area contributed by atoms with Gasteiger partial charge in [-0.15, -0.1) is 6.42 Å². The van der Waals surface area contributed by atoms with Gasteiger partial charge in [-0.2, -0.15) is 0 Å². The van der Waals surface area contributed by atoms with Gasteiger partial charge in [-0.25, -0.2) is 0 Å². The third-order valence-corrected chi connectivity index (χ3v) is 3.26. The lowest BCUT2D eigenvalue weighted by Crippen LogP contribution is -2.16. The third-order valence-electron chi connectivity index (χ3n) is 3.26. The summed E-state index contributed by atoms with van der Waals surface area (Å²) >= 11 is 0. The summed E-state index contributed by atoms with van der Waals surface area (Å²) in [5.41, 5.74) is 5.28. The standard InChI is InChI=1S/C16H17N/c1-4-5-9-15-13(2)11-12-14-8-6-7-10-16(14)17(15)3/h1,5-10H,11-12H2,2-3H3. The van der Waals surface area contributed by atoms with Gasteiger partial charge in [0.1, 0.15) is 0 Å². The number of benzene rings is 1. The van der Waals surface area contributed by atoms with Crippen LogP contribution < -0.4 is 4.90 Å². The zero-order valence-electron chi connectivity index (χ0n) is 10.4. The maximum atomic E-state index is 5.29. The molecule has 0 N–H and O–H groups in total. The van der Waals surface area contributed by atoms with Gasteiger partial charge in [0.05, 0.1) is 0 Å². The summed E-state index contributed by atoms with van der Waals surface area (Å²) in [5.74, 6) is 2.56. The number of likely N-dealkylation sites (N-methyl/N-ethyl adjacent to an activating group) is 1. The highest BCUT2D eigenvalue weighted by molar-refractivity contribution is 5.61. The summed E-state index contributed by atoms with van der Waals surface area (Å²) in [6.07, 6.45) is 11.3. The highest BCUT2D eigenvalue weighted by Gasteiger charge is 2.15. The van der Waals surface area contributed by atoms with E-state index in [1.54, 1.807) is 6.08 Å². The van der Waals surface area contributed by atoms with Crippen LogP contribution in [0.15, 0.2) is 47.7 Å². The van der Waals surface area contributed by atoms with Gasteiger partial charge in [-0.1, -0.05) is 24.1 Å².